The fourth-order valence-corrected chi connectivity index (χ4v) is 3.32. The van der Waals surface area contributed by atoms with Crippen LogP contribution in [0, 0.1) is 5.92 Å². The lowest BCUT2D eigenvalue weighted by Crippen LogP contribution is -2.45. The predicted molar refractivity (Wildman–Crippen MR) is 82.1 cm³/mol. The summed E-state index contributed by atoms with van der Waals surface area (Å²) in [5.74, 6) is 0.447. The highest BCUT2D eigenvalue weighted by atomic mass is 16.5. The third kappa shape index (κ3) is 5.57. The van der Waals surface area contributed by atoms with E-state index in [0.717, 1.165) is 52.2 Å². The largest absolute Gasteiger partial charge is 0.395 e. The molecule has 2 rings (SSSR count). The zero-order valence-electron chi connectivity index (χ0n) is 13.1. The maximum Gasteiger partial charge on any atom is 0.225 e. The summed E-state index contributed by atoms with van der Waals surface area (Å²) in [6, 6.07) is 0. The van der Waals surface area contributed by atoms with Crippen molar-refractivity contribution in [3.63, 3.8) is 0 Å². The highest BCUT2D eigenvalue weighted by molar-refractivity contribution is 5.78. The van der Waals surface area contributed by atoms with Crippen molar-refractivity contribution < 1.29 is 14.6 Å². The number of morpholine rings is 1. The second-order valence-corrected chi connectivity index (χ2v) is 6.19. The summed E-state index contributed by atoms with van der Waals surface area (Å²) < 4.78 is 5.35. The Morgan fingerprint density at radius 2 is 1.76 bits per heavy atom. The first-order valence-electron chi connectivity index (χ1n) is 8.51. The molecule has 2 aliphatic rings. The molecule has 0 unspecified atom stereocenters. The molecule has 21 heavy (non-hydrogen) atoms. The summed E-state index contributed by atoms with van der Waals surface area (Å²) >= 11 is 0. The number of amides is 1. The van der Waals surface area contributed by atoms with Crippen LogP contribution in [0.1, 0.15) is 38.5 Å². The molecule has 0 bridgehead atoms. The first-order valence-corrected chi connectivity index (χ1v) is 8.51. The van der Waals surface area contributed by atoms with Gasteiger partial charge in [0.15, 0.2) is 0 Å². The summed E-state index contributed by atoms with van der Waals surface area (Å²) in [5, 5.41) is 9.25. The third-order valence-electron chi connectivity index (χ3n) is 4.68. The van der Waals surface area contributed by atoms with Gasteiger partial charge in [-0.3, -0.25) is 9.69 Å². The Morgan fingerprint density at radius 1 is 1.10 bits per heavy atom. The second kappa shape index (κ2) is 9.38. The summed E-state index contributed by atoms with van der Waals surface area (Å²) in [6.45, 7) is 5.63. The Morgan fingerprint density at radius 3 is 2.38 bits per heavy atom. The number of hydrogen-bond acceptors (Lipinski definition) is 4. The van der Waals surface area contributed by atoms with Gasteiger partial charge in [-0.2, -0.15) is 0 Å². The molecule has 1 aliphatic carbocycles. The van der Waals surface area contributed by atoms with E-state index in [9.17, 15) is 9.90 Å². The first-order chi connectivity index (χ1) is 10.3. The van der Waals surface area contributed by atoms with Crippen molar-refractivity contribution in [2.45, 2.75) is 38.5 Å². The molecule has 1 aliphatic heterocycles. The molecule has 5 nitrogen and oxygen atoms in total. The van der Waals surface area contributed by atoms with E-state index in [1.54, 1.807) is 0 Å². The van der Waals surface area contributed by atoms with Crippen LogP contribution in [0.15, 0.2) is 0 Å². The molecule has 122 valence electrons. The van der Waals surface area contributed by atoms with Crippen LogP contribution in [-0.2, 0) is 9.53 Å². The van der Waals surface area contributed by atoms with Crippen molar-refractivity contribution in [2.75, 3.05) is 52.5 Å². The van der Waals surface area contributed by atoms with Crippen molar-refractivity contribution >= 4 is 5.91 Å². The Labute approximate surface area is 128 Å². The molecular formula is C16H30N2O3. The number of aliphatic hydroxyl groups excluding tert-OH is 1. The van der Waals surface area contributed by atoms with Crippen LogP contribution in [0.2, 0.25) is 0 Å². The van der Waals surface area contributed by atoms with E-state index in [1.165, 1.54) is 25.7 Å². The maximum atomic E-state index is 12.7. The van der Waals surface area contributed by atoms with Gasteiger partial charge >= 0.3 is 0 Å². The third-order valence-corrected chi connectivity index (χ3v) is 4.68. The predicted octanol–water partition coefficient (Wildman–Crippen LogP) is 1.11. The van der Waals surface area contributed by atoms with Gasteiger partial charge in [0.05, 0.1) is 19.8 Å². The average molecular weight is 298 g/mol. The minimum Gasteiger partial charge on any atom is -0.395 e. The van der Waals surface area contributed by atoms with Crippen LogP contribution in [0.25, 0.3) is 0 Å². The van der Waals surface area contributed by atoms with E-state index >= 15 is 0 Å². The summed E-state index contributed by atoms with van der Waals surface area (Å²) in [5.41, 5.74) is 0. The normalized spacial score (nSPS) is 22.0. The lowest BCUT2D eigenvalue weighted by Gasteiger charge is -2.31. The standard InChI is InChI=1S/C16H30N2O3/c19-12-9-18(8-7-17-10-13-21-14-11-17)16(20)15-5-3-1-2-4-6-15/h15,19H,1-14H2. The fraction of sp³-hybridized carbons (Fsp3) is 0.938. The number of hydrogen-bond donors (Lipinski definition) is 1. The summed E-state index contributed by atoms with van der Waals surface area (Å²) in [6.07, 6.45) is 6.92. The Bertz CT molecular complexity index is 298. The SMILES string of the molecule is O=C(C1CCCCCC1)N(CCO)CCN1CCOCC1. The van der Waals surface area contributed by atoms with Crippen LogP contribution in [0.5, 0.6) is 0 Å². The van der Waals surface area contributed by atoms with Crippen molar-refractivity contribution in [3.8, 4) is 0 Å². The zero-order valence-corrected chi connectivity index (χ0v) is 13.1. The zero-order chi connectivity index (χ0) is 14.9. The maximum absolute atomic E-state index is 12.7. The van der Waals surface area contributed by atoms with Crippen molar-refractivity contribution in [2.24, 2.45) is 5.92 Å². The molecule has 0 aromatic carbocycles. The smallest absolute Gasteiger partial charge is 0.225 e. The summed E-state index contributed by atoms with van der Waals surface area (Å²) in [4.78, 5) is 16.9. The van der Waals surface area contributed by atoms with Gasteiger partial charge in [-0.15, -0.1) is 0 Å². The average Bonchev–Trinajstić information content (AvgIpc) is 2.81. The van der Waals surface area contributed by atoms with Gasteiger partial charge in [0.1, 0.15) is 0 Å². The van der Waals surface area contributed by atoms with E-state index in [0.29, 0.717) is 6.54 Å². The van der Waals surface area contributed by atoms with Gasteiger partial charge in [0.2, 0.25) is 5.91 Å². The molecule has 0 aromatic heterocycles. The van der Waals surface area contributed by atoms with E-state index in [2.05, 4.69) is 4.90 Å². The van der Waals surface area contributed by atoms with Crippen LogP contribution in [0.3, 0.4) is 0 Å². The first kappa shape index (κ1) is 16.7. The number of carbonyl (C=O) groups is 1. The van der Waals surface area contributed by atoms with Gasteiger partial charge < -0.3 is 14.7 Å². The van der Waals surface area contributed by atoms with Crippen molar-refractivity contribution in [1.29, 1.82) is 0 Å². The van der Waals surface area contributed by atoms with Gasteiger partial charge in [0, 0.05) is 38.6 Å². The number of rotatable bonds is 6. The molecular weight excluding hydrogens is 268 g/mol. The number of aliphatic hydroxyl groups is 1. The second-order valence-electron chi connectivity index (χ2n) is 6.19. The van der Waals surface area contributed by atoms with E-state index in [4.69, 9.17) is 4.74 Å². The lowest BCUT2D eigenvalue weighted by atomic mass is 9.98. The minimum absolute atomic E-state index is 0.0571. The molecule has 1 amide bonds. The highest BCUT2D eigenvalue weighted by Gasteiger charge is 2.25. The minimum atomic E-state index is 0.0571. The van der Waals surface area contributed by atoms with Crippen LogP contribution in [0.4, 0.5) is 0 Å². The van der Waals surface area contributed by atoms with E-state index in [-0.39, 0.29) is 18.4 Å². The molecule has 1 saturated carbocycles. The van der Waals surface area contributed by atoms with Crippen molar-refractivity contribution in [3.05, 3.63) is 0 Å². The topological polar surface area (TPSA) is 53.0 Å². The van der Waals surface area contributed by atoms with Gasteiger partial charge in [-0.05, 0) is 12.8 Å². The fourth-order valence-electron chi connectivity index (χ4n) is 3.32. The number of ether oxygens (including phenoxy) is 1. The van der Waals surface area contributed by atoms with E-state index in [1.807, 2.05) is 4.90 Å². The Balaban J connectivity index is 1.82. The molecule has 1 heterocycles. The molecule has 0 atom stereocenters. The lowest BCUT2D eigenvalue weighted by molar-refractivity contribution is -0.136. The monoisotopic (exact) mass is 298 g/mol. The molecule has 0 spiro atoms. The quantitative estimate of drug-likeness (QED) is 0.746. The van der Waals surface area contributed by atoms with Gasteiger partial charge in [-0.1, -0.05) is 25.7 Å². The molecule has 5 heteroatoms. The molecule has 1 saturated heterocycles. The van der Waals surface area contributed by atoms with Crippen LogP contribution in [-0.4, -0.2) is 73.4 Å². The van der Waals surface area contributed by atoms with E-state index < -0.39 is 0 Å². The highest BCUT2D eigenvalue weighted by Crippen LogP contribution is 2.24. The molecule has 0 radical (unpaired) electrons. The molecule has 1 N–H and O–H groups in total. The summed E-state index contributed by atoms with van der Waals surface area (Å²) in [7, 11) is 0. The Hall–Kier alpha value is -0.650. The Kier molecular flexibility index (Phi) is 7.47. The van der Waals surface area contributed by atoms with Crippen LogP contribution >= 0.6 is 0 Å². The van der Waals surface area contributed by atoms with Gasteiger partial charge in [-0.25, -0.2) is 0 Å². The molecule has 2 fully saturated rings. The van der Waals surface area contributed by atoms with Crippen molar-refractivity contribution in [1.82, 2.24) is 9.80 Å². The number of nitrogens with zero attached hydrogens (tertiary/aromatic N) is 2. The van der Waals surface area contributed by atoms with Gasteiger partial charge in [0.25, 0.3) is 0 Å². The molecule has 0 aromatic rings. The number of carbonyl (C=O) groups excluding carboxylic acids is 1. The van der Waals surface area contributed by atoms with Crippen LogP contribution < -0.4 is 0 Å².